The van der Waals surface area contributed by atoms with Gasteiger partial charge in [-0.1, -0.05) is 42.5 Å². The Morgan fingerprint density at radius 3 is 2.70 bits per heavy atom. The number of hydrogen-bond donors (Lipinski definition) is 2. The van der Waals surface area contributed by atoms with Crippen LogP contribution in [0.2, 0.25) is 0 Å². The van der Waals surface area contributed by atoms with Gasteiger partial charge >= 0.3 is 6.09 Å². The minimum Gasteiger partial charge on any atom is -0.445 e. The van der Waals surface area contributed by atoms with Gasteiger partial charge in [-0.25, -0.2) is 4.79 Å². The Morgan fingerprint density at radius 1 is 1.09 bits per heavy atom. The maximum Gasteiger partial charge on any atom is 0.407 e. The second-order valence-corrected chi connectivity index (χ2v) is 5.50. The molecule has 2 amide bonds. The van der Waals surface area contributed by atoms with Gasteiger partial charge in [-0.2, -0.15) is 0 Å². The number of ether oxygens (including phenoxy) is 1. The van der Waals surface area contributed by atoms with Crippen LogP contribution in [0.25, 0.3) is 11.1 Å². The maximum atomic E-state index is 11.6. The number of nitrogens with one attached hydrogen (secondary N) is 1. The zero-order valence-electron chi connectivity index (χ0n) is 12.7. The Labute approximate surface area is 134 Å². The van der Waals surface area contributed by atoms with E-state index in [1.807, 2.05) is 24.3 Å². The summed E-state index contributed by atoms with van der Waals surface area (Å²) >= 11 is 0. The van der Waals surface area contributed by atoms with Crippen LogP contribution in [-0.4, -0.2) is 18.5 Å². The number of alkyl carbamates (subject to hydrolysis) is 1. The van der Waals surface area contributed by atoms with E-state index < -0.39 is 12.0 Å². The molecule has 5 nitrogen and oxygen atoms in total. The van der Waals surface area contributed by atoms with E-state index in [1.54, 1.807) is 0 Å². The fraction of sp³-hybridized carbons (Fsp3) is 0.222. The molecule has 0 aromatic heterocycles. The van der Waals surface area contributed by atoms with Crippen molar-refractivity contribution in [2.75, 3.05) is 6.54 Å². The van der Waals surface area contributed by atoms with Gasteiger partial charge in [-0.3, -0.25) is 4.79 Å². The third kappa shape index (κ3) is 3.34. The molecule has 5 heteroatoms. The van der Waals surface area contributed by atoms with Crippen molar-refractivity contribution in [2.24, 2.45) is 5.73 Å². The molecule has 0 fully saturated rings. The van der Waals surface area contributed by atoms with Gasteiger partial charge in [0.15, 0.2) is 0 Å². The van der Waals surface area contributed by atoms with Gasteiger partial charge in [0.2, 0.25) is 5.91 Å². The number of fused-ring (bicyclic) bond motifs is 3. The van der Waals surface area contributed by atoms with Gasteiger partial charge in [-0.05, 0) is 34.2 Å². The van der Waals surface area contributed by atoms with Crippen LogP contribution in [0, 0.1) is 0 Å². The number of carbonyl (C=O) groups is 2. The van der Waals surface area contributed by atoms with E-state index >= 15 is 0 Å². The lowest BCUT2D eigenvalue weighted by Gasteiger charge is -2.10. The van der Waals surface area contributed by atoms with Crippen molar-refractivity contribution in [3.8, 4) is 11.1 Å². The first kappa shape index (κ1) is 15.1. The summed E-state index contributed by atoms with van der Waals surface area (Å²) in [4.78, 5) is 22.3. The molecule has 3 N–H and O–H groups in total. The predicted octanol–water partition coefficient (Wildman–Crippen LogP) is 2.36. The molecule has 2 aromatic rings. The number of rotatable bonds is 5. The minimum atomic E-state index is -0.542. The van der Waals surface area contributed by atoms with Gasteiger partial charge in [0.1, 0.15) is 6.61 Å². The highest BCUT2D eigenvalue weighted by Crippen LogP contribution is 2.38. The van der Waals surface area contributed by atoms with Gasteiger partial charge in [0.25, 0.3) is 0 Å². The minimum absolute atomic E-state index is 0.102. The standard InChI is InChI=1S/C18H18N2O3/c19-17(21)8-9-20-18(22)23-11-13-5-3-7-15-14-6-2-1-4-12(14)10-16(13)15/h1-7H,8-11H2,(H2,19,21)(H,20,22). The van der Waals surface area contributed by atoms with Crippen molar-refractivity contribution >= 4 is 12.0 Å². The summed E-state index contributed by atoms with van der Waals surface area (Å²) in [6, 6.07) is 14.3. The van der Waals surface area contributed by atoms with Crippen LogP contribution in [0.1, 0.15) is 23.1 Å². The van der Waals surface area contributed by atoms with Gasteiger partial charge in [0, 0.05) is 13.0 Å². The van der Waals surface area contributed by atoms with E-state index in [-0.39, 0.29) is 19.6 Å². The molecule has 1 aliphatic rings. The first-order chi connectivity index (χ1) is 11.1. The van der Waals surface area contributed by atoms with E-state index in [4.69, 9.17) is 10.5 Å². The average molecular weight is 310 g/mol. The molecule has 0 heterocycles. The quantitative estimate of drug-likeness (QED) is 0.759. The SMILES string of the molecule is NC(=O)CCNC(=O)OCc1cccc2c1Cc1ccccc1-2. The molecular weight excluding hydrogens is 292 g/mol. The number of primary amides is 1. The van der Waals surface area contributed by atoms with Crippen LogP contribution in [0.3, 0.4) is 0 Å². The lowest BCUT2D eigenvalue weighted by atomic mass is 10.0. The summed E-state index contributed by atoms with van der Waals surface area (Å²) in [5, 5.41) is 2.51. The van der Waals surface area contributed by atoms with Gasteiger partial charge in [0.05, 0.1) is 0 Å². The Balaban J connectivity index is 1.65. The lowest BCUT2D eigenvalue weighted by molar-refractivity contribution is -0.117. The molecule has 0 unspecified atom stereocenters. The molecule has 0 saturated heterocycles. The van der Waals surface area contributed by atoms with E-state index in [0.29, 0.717) is 0 Å². The van der Waals surface area contributed by atoms with Crippen LogP contribution in [0.4, 0.5) is 4.79 Å². The fourth-order valence-corrected chi connectivity index (χ4v) is 2.84. The molecule has 0 aliphatic heterocycles. The van der Waals surface area contributed by atoms with Crippen LogP contribution in [0.5, 0.6) is 0 Å². The molecular formula is C18H18N2O3. The Hall–Kier alpha value is -2.82. The van der Waals surface area contributed by atoms with Crippen molar-refractivity contribution in [2.45, 2.75) is 19.4 Å². The summed E-state index contributed by atoms with van der Waals surface area (Å²) < 4.78 is 5.23. The molecule has 0 saturated carbocycles. The second-order valence-electron chi connectivity index (χ2n) is 5.50. The lowest BCUT2D eigenvalue weighted by Crippen LogP contribution is -2.28. The van der Waals surface area contributed by atoms with E-state index in [2.05, 4.69) is 23.5 Å². The smallest absolute Gasteiger partial charge is 0.407 e. The first-order valence-corrected chi connectivity index (χ1v) is 7.53. The monoisotopic (exact) mass is 310 g/mol. The van der Waals surface area contributed by atoms with Crippen LogP contribution < -0.4 is 11.1 Å². The van der Waals surface area contributed by atoms with Crippen molar-refractivity contribution in [3.05, 3.63) is 59.2 Å². The van der Waals surface area contributed by atoms with Crippen LogP contribution in [-0.2, 0) is 22.6 Å². The Kier molecular flexibility index (Phi) is 4.28. The van der Waals surface area contributed by atoms with Crippen molar-refractivity contribution in [1.82, 2.24) is 5.32 Å². The predicted molar refractivity (Wildman–Crippen MR) is 86.7 cm³/mol. The topological polar surface area (TPSA) is 81.4 Å². The summed E-state index contributed by atoms with van der Waals surface area (Å²) in [6.07, 6.45) is 0.416. The molecule has 3 rings (SSSR count). The zero-order chi connectivity index (χ0) is 16.2. The summed E-state index contributed by atoms with van der Waals surface area (Å²) in [7, 11) is 0. The molecule has 1 aliphatic carbocycles. The third-order valence-corrected chi connectivity index (χ3v) is 3.95. The average Bonchev–Trinajstić information content (AvgIpc) is 2.92. The first-order valence-electron chi connectivity index (χ1n) is 7.53. The van der Waals surface area contributed by atoms with Gasteiger partial charge < -0.3 is 15.8 Å². The normalized spacial score (nSPS) is 11.5. The van der Waals surface area contributed by atoms with Crippen LogP contribution >= 0.6 is 0 Å². The van der Waals surface area contributed by atoms with Crippen molar-refractivity contribution in [3.63, 3.8) is 0 Å². The molecule has 0 atom stereocenters. The zero-order valence-corrected chi connectivity index (χ0v) is 12.7. The molecule has 23 heavy (non-hydrogen) atoms. The second kappa shape index (κ2) is 6.52. The van der Waals surface area contributed by atoms with Crippen molar-refractivity contribution < 1.29 is 14.3 Å². The Morgan fingerprint density at radius 2 is 1.87 bits per heavy atom. The number of carbonyl (C=O) groups excluding carboxylic acids is 2. The van der Waals surface area contributed by atoms with E-state index in [0.717, 1.165) is 12.0 Å². The molecule has 0 spiro atoms. The number of hydrogen-bond acceptors (Lipinski definition) is 3. The van der Waals surface area contributed by atoms with E-state index in [1.165, 1.54) is 22.3 Å². The molecule has 0 bridgehead atoms. The molecule has 0 radical (unpaired) electrons. The summed E-state index contributed by atoms with van der Waals surface area (Å²) in [5.74, 6) is -0.455. The summed E-state index contributed by atoms with van der Waals surface area (Å²) in [6.45, 7) is 0.395. The van der Waals surface area contributed by atoms with Crippen LogP contribution in [0.15, 0.2) is 42.5 Å². The highest BCUT2D eigenvalue weighted by Gasteiger charge is 2.20. The number of benzene rings is 2. The molecule has 118 valence electrons. The maximum absolute atomic E-state index is 11.6. The highest BCUT2D eigenvalue weighted by atomic mass is 16.5. The number of nitrogens with two attached hydrogens (primary N) is 1. The van der Waals surface area contributed by atoms with E-state index in [9.17, 15) is 9.59 Å². The largest absolute Gasteiger partial charge is 0.445 e. The highest BCUT2D eigenvalue weighted by molar-refractivity contribution is 5.78. The number of amides is 2. The summed E-state index contributed by atoms with van der Waals surface area (Å²) in [5.41, 5.74) is 11.0. The fourth-order valence-electron chi connectivity index (χ4n) is 2.84. The van der Waals surface area contributed by atoms with Gasteiger partial charge in [-0.15, -0.1) is 0 Å². The molecule has 2 aromatic carbocycles. The third-order valence-electron chi connectivity index (χ3n) is 3.95. The van der Waals surface area contributed by atoms with Crippen molar-refractivity contribution in [1.29, 1.82) is 0 Å². The Bertz CT molecular complexity index is 756.